The van der Waals surface area contributed by atoms with Crippen molar-refractivity contribution in [1.82, 2.24) is 4.90 Å². The predicted octanol–water partition coefficient (Wildman–Crippen LogP) is 5.79. The van der Waals surface area contributed by atoms with E-state index in [2.05, 4.69) is 36.4 Å². The van der Waals surface area contributed by atoms with Crippen LogP contribution in [0.25, 0.3) is 11.1 Å². The maximum atomic E-state index is 12.9. The molecule has 1 aromatic heterocycles. The van der Waals surface area contributed by atoms with Gasteiger partial charge in [-0.15, -0.1) is 0 Å². The number of benzene rings is 3. The summed E-state index contributed by atoms with van der Waals surface area (Å²) in [5.41, 5.74) is 4.51. The molecule has 0 radical (unpaired) electrons. The average molecular weight is 367 g/mol. The zero-order valence-corrected chi connectivity index (χ0v) is 15.5. The molecule has 1 heterocycles. The maximum Gasteiger partial charge on any atom is 0.290 e. The van der Waals surface area contributed by atoms with Gasteiger partial charge in [-0.3, -0.25) is 4.79 Å². The quantitative estimate of drug-likeness (QED) is 0.432. The Balaban J connectivity index is 1.55. The van der Waals surface area contributed by atoms with Gasteiger partial charge in [-0.25, -0.2) is 0 Å². The summed E-state index contributed by atoms with van der Waals surface area (Å²) < 4.78 is 5.34. The van der Waals surface area contributed by atoms with Crippen LogP contribution in [0.15, 0.2) is 108 Å². The van der Waals surface area contributed by atoms with Crippen molar-refractivity contribution in [3.63, 3.8) is 0 Å². The molecule has 0 aliphatic heterocycles. The minimum Gasteiger partial charge on any atom is -0.459 e. The molecular formula is C25H21NO2. The standard InChI is InChI=1S/C25H21NO2/c27-25(24-12-7-17-28-24)26(18-20-8-3-1-4-9-20)19-21-13-15-23(16-14-21)22-10-5-2-6-11-22/h1-17H,18-19H2. The first-order valence-corrected chi connectivity index (χ1v) is 9.31. The van der Waals surface area contributed by atoms with Crippen molar-refractivity contribution in [2.75, 3.05) is 0 Å². The second-order valence-electron chi connectivity index (χ2n) is 6.69. The summed E-state index contributed by atoms with van der Waals surface area (Å²) in [4.78, 5) is 14.7. The summed E-state index contributed by atoms with van der Waals surface area (Å²) in [5, 5.41) is 0. The van der Waals surface area contributed by atoms with Crippen molar-refractivity contribution < 1.29 is 9.21 Å². The van der Waals surface area contributed by atoms with Crippen molar-refractivity contribution in [2.24, 2.45) is 0 Å². The van der Waals surface area contributed by atoms with Crippen LogP contribution in [0.1, 0.15) is 21.7 Å². The molecule has 0 spiro atoms. The third-order valence-corrected chi connectivity index (χ3v) is 4.67. The van der Waals surface area contributed by atoms with E-state index in [-0.39, 0.29) is 5.91 Å². The molecule has 0 unspecified atom stereocenters. The zero-order valence-electron chi connectivity index (χ0n) is 15.5. The molecule has 1 amide bonds. The lowest BCUT2D eigenvalue weighted by Crippen LogP contribution is -2.29. The van der Waals surface area contributed by atoms with Crippen molar-refractivity contribution in [1.29, 1.82) is 0 Å². The fourth-order valence-corrected chi connectivity index (χ4v) is 3.21. The van der Waals surface area contributed by atoms with Crippen molar-refractivity contribution in [3.8, 4) is 11.1 Å². The SMILES string of the molecule is O=C(c1ccco1)N(Cc1ccccc1)Cc1ccc(-c2ccccc2)cc1. The van der Waals surface area contributed by atoms with Gasteiger partial charge in [0.05, 0.1) is 6.26 Å². The monoisotopic (exact) mass is 367 g/mol. The minimum absolute atomic E-state index is 0.110. The van der Waals surface area contributed by atoms with E-state index < -0.39 is 0 Å². The van der Waals surface area contributed by atoms with Crippen molar-refractivity contribution in [3.05, 3.63) is 120 Å². The molecule has 0 saturated carbocycles. The number of hydrogen-bond donors (Lipinski definition) is 0. The Kier molecular flexibility index (Phi) is 5.34. The van der Waals surface area contributed by atoms with Crippen molar-refractivity contribution >= 4 is 5.91 Å². The molecule has 0 atom stereocenters. The van der Waals surface area contributed by atoms with E-state index in [9.17, 15) is 4.79 Å². The first kappa shape index (κ1) is 17.8. The Morgan fingerprint density at radius 2 is 1.21 bits per heavy atom. The van der Waals surface area contributed by atoms with Crippen LogP contribution < -0.4 is 0 Å². The molecule has 4 aromatic rings. The number of rotatable bonds is 6. The van der Waals surface area contributed by atoms with Gasteiger partial charge in [0.1, 0.15) is 0 Å². The van der Waals surface area contributed by atoms with E-state index in [4.69, 9.17) is 4.42 Å². The smallest absolute Gasteiger partial charge is 0.290 e. The summed E-state index contributed by atoms with van der Waals surface area (Å²) in [6, 6.07) is 32.1. The Morgan fingerprint density at radius 1 is 0.643 bits per heavy atom. The molecule has 28 heavy (non-hydrogen) atoms. The molecule has 0 N–H and O–H groups in total. The molecule has 3 nitrogen and oxygen atoms in total. The van der Waals surface area contributed by atoms with Crippen LogP contribution >= 0.6 is 0 Å². The van der Waals surface area contributed by atoms with Gasteiger partial charge < -0.3 is 9.32 Å². The number of carbonyl (C=O) groups excluding carboxylic acids is 1. The Labute approximate surface area is 164 Å². The molecule has 0 bridgehead atoms. The second kappa shape index (κ2) is 8.40. The van der Waals surface area contributed by atoms with Gasteiger partial charge in [-0.2, -0.15) is 0 Å². The van der Waals surface area contributed by atoms with Crippen LogP contribution in [0.3, 0.4) is 0 Å². The third-order valence-electron chi connectivity index (χ3n) is 4.67. The van der Waals surface area contributed by atoms with Gasteiger partial charge in [0, 0.05) is 13.1 Å². The van der Waals surface area contributed by atoms with Crippen LogP contribution in [-0.4, -0.2) is 10.8 Å². The highest BCUT2D eigenvalue weighted by Crippen LogP contribution is 2.21. The molecule has 138 valence electrons. The predicted molar refractivity (Wildman–Crippen MR) is 111 cm³/mol. The maximum absolute atomic E-state index is 12.9. The first-order chi connectivity index (χ1) is 13.8. The minimum atomic E-state index is -0.110. The largest absolute Gasteiger partial charge is 0.459 e. The molecule has 0 aliphatic rings. The van der Waals surface area contributed by atoms with Gasteiger partial charge >= 0.3 is 0 Å². The molecule has 4 rings (SSSR count). The lowest BCUT2D eigenvalue weighted by Gasteiger charge is -2.22. The van der Waals surface area contributed by atoms with Gasteiger partial charge in [-0.05, 0) is 34.4 Å². The number of hydrogen-bond acceptors (Lipinski definition) is 2. The lowest BCUT2D eigenvalue weighted by atomic mass is 10.0. The molecule has 0 fully saturated rings. The number of nitrogens with zero attached hydrogens (tertiary/aromatic N) is 1. The van der Waals surface area contributed by atoms with Crippen molar-refractivity contribution in [2.45, 2.75) is 13.1 Å². The molecule has 3 aromatic carbocycles. The highest BCUT2D eigenvalue weighted by molar-refractivity contribution is 5.91. The lowest BCUT2D eigenvalue weighted by molar-refractivity contribution is 0.0697. The average Bonchev–Trinajstić information content (AvgIpc) is 3.30. The van der Waals surface area contributed by atoms with E-state index in [1.54, 1.807) is 12.1 Å². The zero-order chi connectivity index (χ0) is 19.2. The molecule has 0 aliphatic carbocycles. The Morgan fingerprint density at radius 3 is 1.82 bits per heavy atom. The van der Waals surface area contributed by atoms with Gasteiger partial charge in [-0.1, -0.05) is 84.9 Å². The second-order valence-corrected chi connectivity index (χ2v) is 6.69. The summed E-state index contributed by atoms with van der Waals surface area (Å²) in [6.45, 7) is 1.05. The Bertz CT molecular complexity index is 1010. The van der Waals surface area contributed by atoms with E-state index in [0.717, 1.165) is 16.7 Å². The van der Waals surface area contributed by atoms with Crippen LogP contribution in [0.5, 0.6) is 0 Å². The van der Waals surface area contributed by atoms with Crippen LogP contribution in [0, 0.1) is 0 Å². The fourth-order valence-electron chi connectivity index (χ4n) is 3.21. The molecule has 0 saturated heterocycles. The fraction of sp³-hybridized carbons (Fsp3) is 0.0800. The number of amides is 1. The van der Waals surface area contributed by atoms with E-state index >= 15 is 0 Å². The van der Waals surface area contributed by atoms with Crippen LogP contribution in [0.4, 0.5) is 0 Å². The summed E-state index contributed by atoms with van der Waals surface area (Å²) in [5.74, 6) is 0.248. The Hall–Kier alpha value is -3.59. The van der Waals surface area contributed by atoms with Crippen LogP contribution in [-0.2, 0) is 13.1 Å². The molecular weight excluding hydrogens is 346 g/mol. The summed E-state index contributed by atoms with van der Waals surface area (Å²) in [6.07, 6.45) is 1.53. The highest BCUT2D eigenvalue weighted by atomic mass is 16.3. The van der Waals surface area contributed by atoms with Gasteiger partial charge in [0.25, 0.3) is 5.91 Å². The van der Waals surface area contributed by atoms with E-state index in [1.165, 1.54) is 11.8 Å². The summed E-state index contributed by atoms with van der Waals surface area (Å²) >= 11 is 0. The van der Waals surface area contributed by atoms with Crippen LogP contribution in [0.2, 0.25) is 0 Å². The van der Waals surface area contributed by atoms with E-state index in [1.807, 2.05) is 53.4 Å². The van der Waals surface area contributed by atoms with E-state index in [0.29, 0.717) is 18.8 Å². The molecule has 3 heteroatoms. The summed E-state index contributed by atoms with van der Waals surface area (Å²) in [7, 11) is 0. The number of furan rings is 1. The van der Waals surface area contributed by atoms with Gasteiger partial charge in [0.2, 0.25) is 0 Å². The van der Waals surface area contributed by atoms with Gasteiger partial charge in [0.15, 0.2) is 5.76 Å². The normalized spacial score (nSPS) is 10.6. The first-order valence-electron chi connectivity index (χ1n) is 9.31. The number of carbonyl (C=O) groups is 1. The topological polar surface area (TPSA) is 33.5 Å². The third kappa shape index (κ3) is 4.21. The highest BCUT2D eigenvalue weighted by Gasteiger charge is 2.19.